The van der Waals surface area contributed by atoms with Gasteiger partial charge in [-0.3, -0.25) is 9.59 Å². The topological polar surface area (TPSA) is 109 Å². The Bertz CT molecular complexity index is 844. The van der Waals surface area contributed by atoms with Crippen LogP contribution in [0.25, 0.3) is 5.69 Å². The fourth-order valence-electron chi connectivity index (χ4n) is 2.27. The molecule has 1 aromatic carbocycles. The van der Waals surface area contributed by atoms with E-state index in [2.05, 4.69) is 5.10 Å². The summed E-state index contributed by atoms with van der Waals surface area (Å²) in [5, 5.41) is 22.4. The van der Waals surface area contributed by atoms with Crippen molar-refractivity contribution in [3.05, 3.63) is 56.5 Å². The fraction of sp³-hybridized carbons (Fsp3) is 0.200. The minimum Gasteiger partial charge on any atom is -0.481 e. The number of hydrogen-bond donors (Lipinski definition) is 2. The summed E-state index contributed by atoms with van der Waals surface area (Å²) in [6.07, 6.45) is -0.300. The third-order valence-electron chi connectivity index (χ3n) is 3.24. The quantitative estimate of drug-likeness (QED) is 0.861. The zero-order chi connectivity index (χ0) is 17.1. The molecule has 0 saturated carbocycles. The second kappa shape index (κ2) is 6.62. The Labute approximate surface area is 135 Å². The SMILES string of the molecule is CCc1c(CC(=O)O)c(=O)c(C(=O)O)nn1-c1ccccc1Cl. The van der Waals surface area contributed by atoms with Gasteiger partial charge in [-0.05, 0) is 18.6 Å². The summed E-state index contributed by atoms with van der Waals surface area (Å²) in [6, 6.07) is 6.57. The second-order valence-corrected chi connectivity index (χ2v) is 5.10. The Kier molecular flexibility index (Phi) is 4.80. The third kappa shape index (κ3) is 3.24. The van der Waals surface area contributed by atoms with Crippen LogP contribution in [0.5, 0.6) is 0 Å². The van der Waals surface area contributed by atoms with Crippen LogP contribution in [0.1, 0.15) is 28.7 Å². The first-order valence-corrected chi connectivity index (χ1v) is 7.09. The summed E-state index contributed by atoms with van der Waals surface area (Å²) in [5.74, 6) is -2.75. The molecule has 0 aliphatic carbocycles. The average molecular weight is 337 g/mol. The first-order valence-electron chi connectivity index (χ1n) is 6.71. The van der Waals surface area contributed by atoms with Crippen LogP contribution in [0.3, 0.4) is 0 Å². The van der Waals surface area contributed by atoms with E-state index in [1.54, 1.807) is 31.2 Å². The molecule has 2 aromatic rings. The number of rotatable bonds is 5. The lowest BCUT2D eigenvalue weighted by Crippen LogP contribution is -2.29. The van der Waals surface area contributed by atoms with Gasteiger partial charge in [-0.25, -0.2) is 9.48 Å². The van der Waals surface area contributed by atoms with Gasteiger partial charge in [-0.15, -0.1) is 0 Å². The molecule has 2 N–H and O–H groups in total. The Morgan fingerprint density at radius 3 is 2.43 bits per heavy atom. The van der Waals surface area contributed by atoms with Crippen molar-refractivity contribution in [2.45, 2.75) is 19.8 Å². The number of benzene rings is 1. The van der Waals surface area contributed by atoms with Gasteiger partial charge in [0.25, 0.3) is 0 Å². The highest BCUT2D eigenvalue weighted by molar-refractivity contribution is 6.32. The first kappa shape index (κ1) is 16.7. The van der Waals surface area contributed by atoms with Gasteiger partial charge in [0, 0.05) is 5.56 Å². The summed E-state index contributed by atoms with van der Waals surface area (Å²) in [7, 11) is 0. The predicted molar refractivity (Wildman–Crippen MR) is 82.5 cm³/mol. The summed E-state index contributed by atoms with van der Waals surface area (Å²) in [6.45, 7) is 1.72. The molecule has 8 heteroatoms. The van der Waals surface area contributed by atoms with Crippen molar-refractivity contribution >= 4 is 23.5 Å². The number of carboxylic acid groups (broad SMARTS) is 2. The van der Waals surface area contributed by atoms with Crippen molar-refractivity contribution in [1.82, 2.24) is 9.78 Å². The molecule has 7 nitrogen and oxygen atoms in total. The molecule has 0 bridgehead atoms. The van der Waals surface area contributed by atoms with Gasteiger partial charge in [0.15, 0.2) is 0 Å². The van der Waals surface area contributed by atoms with E-state index in [0.29, 0.717) is 16.4 Å². The Morgan fingerprint density at radius 1 is 1.26 bits per heavy atom. The normalized spacial score (nSPS) is 10.5. The standard InChI is InChI=1S/C15H13ClN2O5/c1-2-10-8(7-12(19)20)14(21)13(15(22)23)17-18(10)11-6-4-3-5-9(11)16/h3-6H,2,7H2,1H3,(H,19,20)(H,22,23). The van der Waals surface area contributed by atoms with Crippen LogP contribution in [0.15, 0.2) is 29.1 Å². The number of aliphatic carboxylic acids is 1. The van der Waals surface area contributed by atoms with E-state index >= 15 is 0 Å². The van der Waals surface area contributed by atoms with Crippen LogP contribution in [-0.2, 0) is 17.6 Å². The lowest BCUT2D eigenvalue weighted by Gasteiger charge is -2.16. The average Bonchev–Trinajstić information content (AvgIpc) is 2.49. The number of nitrogens with zero attached hydrogens (tertiary/aromatic N) is 2. The number of aromatic carboxylic acids is 1. The molecule has 0 aliphatic heterocycles. The predicted octanol–water partition coefficient (Wildman–Crippen LogP) is 1.77. The zero-order valence-corrected chi connectivity index (χ0v) is 12.9. The van der Waals surface area contributed by atoms with E-state index < -0.39 is 29.5 Å². The number of carboxylic acids is 2. The van der Waals surface area contributed by atoms with Crippen molar-refractivity contribution in [1.29, 1.82) is 0 Å². The molecule has 0 fully saturated rings. The van der Waals surface area contributed by atoms with Gasteiger partial charge < -0.3 is 10.2 Å². The van der Waals surface area contributed by atoms with E-state index in [1.165, 1.54) is 4.68 Å². The minimum atomic E-state index is -1.52. The fourth-order valence-corrected chi connectivity index (χ4v) is 2.48. The number of para-hydroxylation sites is 1. The van der Waals surface area contributed by atoms with Crippen molar-refractivity contribution in [2.75, 3.05) is 0 Å². The van der Waals surface area contributed by atoms with Gasteiger partial charge in [-0.2, -0.15) is 5.10 Å². The van der Waals surface area contributed by atoms with Gasteiger partial charge in [-0.1, -0.05) is 30.7 Å². The van der Waals surface area contributed by atoms with Gasteiger partial charge >= 0.3 is 11.9 Å². The number of halogens is 1. The van der Waals surface area contributed by atoms with E-state index in [-0.39, 0.29) is 12.0 Å². The zero-order valence-electron chi connectivity index (χ0n) is 12.1. The van der Waals surface area contributed by atoms with Crippen LogP contribution in [0.4, 0.5) is 0 Å². The molecule has 0 spiro atoms. The molecule has 0 amide bonds. The number of aromatic nitrogens is 2. The van der Waals surface area contributed by atoms with Crippen molar-refractivity contribution in [3.63, 3.8) is 0 Å². The van der Waals surface area contributed by atoms with Crippen LogP contribution < -0.4 is 5.43 Å². The lowest BCUT2D eigenvalue weighted by atomic mass is 10.1. The number of carbonyl (C=O) groups is 2. The summed E-state index contributed by atoms with van der Waals surface area (Å²) < 4.78 is 1.23. The maximum atomic E-state index is 12.2. The van der Waals surface area contributed by atoms with Gasteiger partial charge in [0.2, 0.25) is 11.1 Å². The van der Waals surface area contributed by atoms with Gasteiger partial charge in [0.1, 0.15) is 0 Å². The summed E-state index contributed by atoms with van der Waals surface area (Å²) in [4.78, 5) is 34.6. The molecule has 0 aliphatic rings. The van der Waals surface area contributed by atoms with Crippen LogP contribution in [0.2, 0.25) is 5.02 Å². The second-order valence-electron chi connectivity index (χ2n) is 4.70. The molecule has 1 heterocycles. The Hall–Kier alpha value is -2.67. The number of hydrogen-bond acceptors (Lipinski definition) is 4. The highest BCUT2D eigenvalue weighted by Crippen LogP contribution is 2.22. The molecule has 120 valence electrons. The molecule has 1 aromatic heterocycles. The van der Waals surface area contributed by atoms with Crippen molar-refractivity contribution in [2.24, 2.45) is 0 Å². The lowest BCUT2D eigenvalue weighted by molar-refractivity contribution is -0.136. The highest BCUT2D eigenvalue weighted by Gasteiger charge is 2.23. The molecule has 0 unspecified atom stereocenters. The molecule has 0 saturated heterocycles. The maximum Gasteiger partial charge on any atom is 0.360 e. The Morgan fingerprint density at radius 2 is 1.91 bits per heavy atom. The van der Waals surface area contributed by atoms with Crippen LogP contribution >= 0.6 is 11.6 Å². The molecular weight excluding hydrogens is 324 g/mol. The molecule has 2 rings (SSSR count). The molecule has 23 heavy (non-hydrogen) atoms. The molecule has 0 atom stereocenters. The van der Waals surface area contributed by atoms with Crippen molar-refractivity contribution in [3.8, 4) is 5.69 Å². The van der Waals surface area contributed by atoms with Crippen LogP contribution in [-0.4, -0.2) is 31.9 Å². The smallest absolute Gasteiger partial charge is 0.360 e. The monoisotopic (exact) mass is 336 g/mol. The van der Waals surface area contributed by atoms with Gasteiger partial charge in [0.05, 0.1) is 22.8 Å². The van der Waals surface area contributed by atoms with E-state index in [4.69, 9.17) is 16.7 Å². The minimum absolute atomic E-state index is 0.104. The Balaban J connectivity index is 2.88. The summed E-state index contributed by atoms with van der Waals surface area (Å²) >= 11 is 6.11. The van der Waals surface area contributed by atoms with Crippen molar-refractivity contribution < 1.29 is 19.8 Å². The van der Waals surface area contributed by atoms with Crippen LogP contribution in [0, 0.1) is 0 Å². The maximum absolute atomic E-state index is 12.2. The molecule has 0 radical (unpaired) electrons. The highest BCUT2D eigenvalue weighted by atomic mass is 35.5. The van der Waals surface area contributed by atoms with E-state index in [1.807, 2.05) is 0 Å². The van der Waals surface area contributed by atoms with E-state index in [0.717, 1.165) is 0 Å². The summed E-state index contributed by atoms with van der Waals surface area (Å²) in [5.41, 5.74) is -1.04. The van der Waals surface area contributed by atoms with E-state index in [9.17, 15) is 19.5 Å². The largest absolute Gasteiger partial charge is 0.481 e. The third-order valence-corrected chi connectivity index (χ3v) is 3.56. The molecular formula is C15H13ClN2O5. The first-order chi connectivity index (χ1) is 10.9.